The average Bonchev–Trinajstić information content (AvgIpc) is 2.79. The van der Waals surface area contributed by atoms with E-state index in [1.165, 1.54) is 38.7 Å². The van der Waals surface area contributed by atoms with Gasteiger partial charge in [-0.25, -0.2) is 0 Å². The fourth-order valence-corrected chi connectivity index (χ4v) is 3.97. The van der Waals surface area contributed by atoms with Gasteiger partial charge in [0, 0.05) is 28.5 Å². The Morgan fingerprint density at radius 1 is 0.552 bits per heavy atom. The van der Waals surface area contributed by atoms with E-state index < -0.39 is 0 Å². The number of rotatable bonds is 3. The largest absolute Gasteiger partial charge is 0.226 e. The maximum atomic E-state index is 2.33. The summed E-state index contributed by atoms with van der Waals surface area (Å²) in [6.45, 7) is 2.13. The van der Waals surface area contributed by atoms with Crippen LogP contribution in [0, 0.1) is 6.92 Å². The summed E-state index contributed by atoms with van der Waals surface area (Å²) in [5, 5.41) is 2.49. The Morgan fingerprint density at radius 3 is 1.83 bits per heavy atom. The molecular weight excluding hydrogens is 350 g/mol. The van der Waals surface area contributed by atoms with Crippen LogP contribution in [0.2, 0.25) is 0 Å². The van der Waals surface area contributed by atoms with Gasteiger partial charge in [-0.05, 0) is 30.7 Å². The molecule has 0 aliphatic rings. The number of benzene rings is 4. The molecule has 1 aromatic heterocycles. The van der Waals surface area contributed by atoms with Crippen molar-refractivity contribution in [1.82, 2.24) is 0 Å². The molecule has 0 unspecified atom stereocenters. The van der Waals surface area contributed by atoms with Gasteiger partial charge in [0.05, 0.1) is 5.56 Å². The monoisotopic (exact) mass is 372 g/mol. The molecule has 0 bridgehead atoms. The summed E-state index contributed by atoms with van der Waals surface area (Å²) in [5.41, 5.74) is 7.33. The van der Waals surface area contributed by atoms with Crippen LogP contribution in [-0.2, 0) is 0 Å². The van der Waals surface area contributed by atoms with Crippen LogP contribution < -0.4 is 4.57 Å². The van der Waals surface area contributed by atoms with Gasteiger partial charge in [0.15, 0.2) is 6.20 Å². The molecule has 1 nitrogen and oxygen atoms in total. The van der Waals surface area contributed by atoms with Crippen LogP contribution in [0.3, 0.4) is 0 Å². The summed E-state index contributed by atoms with van der Waals surface area (Å²) >= 11 is 0. The lowest BCUT2D eigenvalue weighted by molar-refractivity contribution is -0.581. The lowest BCUT2D eigenvalue weighted by atomic mass is 9.93. The van der Waals surface area contributed by atoms with Gasteiger partial charge in [-0.15, -0.1) is 0 Å². The number of fused-ring (bicyclic) bond motifs is 1. The molecule has 138 valence electrons. The Labute approximate surface area is 171 Å². The van der Waals surface area contributed by atoms with Crippen LogP contribution >= 0.6 is 0 Å². The summed E-state index contributed by atoms with van der Waals surface area (Å²) in [7, 11) is 0. The first-order valence-corrected chi connectivity index (χ1v) is 9.96. The highest BCUT2D eigenvalue weighted by molar-refractivity contribution is 6.01. The Kier molecular flexibility index (Phi) is 4.42. The molecular formula is C28H22N+. The fraction of sp³-hybridized carbons (Fsp3) is 0.0357. The average molecular weight is 372 g/mol. The smallest absolute Gasteiger partial charge is 0.159 e. The molecule has 5 rings (SSSR count). The molecule has 4 aromatic carbocycles. The number of pyridine rings is 1. The zero-order valence-electron chi connectivity index (χ0n) is 16.4. The van der Waals surface area contributed by atoms with Crippen LogP contribution in [0.4, 0.5) is 0 Å². The van der Waals surface area contributed by atoms with Crippen molar-refractivity contribution in [2.45, 2.75) is 6.92 Å². The van der Waals surface area contributed by atoms with Gasteiger partial charge in [0.1, 0.15) is 0 Å². The lowest BCUT2D eigenvalue weighted by Gasteiger charge is -2.13. The molecule has 5 aromatic rings. The van der Waals surface area contributed by atoms with Crippen molar-refractivity contribution in [3.05, 3.63) is 121 Å². The minimum absolute atomic E-state index is 1.16. The van der Waals surface area contributed by atoms with Gasteiger partial charge in [-0.2, -0.15) is 4.57 Å². The van der Waals surface area contributed by atoms with E-state index in [1.807, 2.05) is 0 Å². The second kappa shape index (κ2) is 7.37. The molecule has 1 heteroatoms. The van der Waals surface area contributed by atoms with E-state index in [4.69, 9.17) is 0 Å². The molecule has 0 fully saturated rings. The van der Waals surface area contributed by atoms with Crippen molar-refractivity contribution in [2.75, 3.05) is 0 Å². The molecule has 0 atom stereocenters. The predicted molar refractivity (Wildman–Crippen MR) is 121 cm³/mol. The maximum Gasteiger partial charge on any atom is 0.226 e. The highest BCUT2D eigenvalue weighted by Gasteiger charge is 2.24. The summed E-state index contributed by atoms with van der Waals surface area (Å²) in [5.74, 6) is 0. The maximum absolute atomic E-state index is 2.33. The summed E-state index contributed by atoms with van der Waals surface area (Å²) in [6.07, 6.45) is 2.26. The number of hydrogen-bond donors (Lipinski definition) is 0. The van der Waals surface area contributed by atoms with Gasteiger partial charge < -0.3 is 0 Å². The van der Waals surface area contributed by atoms with Gasteiger partial charge >= 0.3 is 0 Å². The quantitative estimate of drug-likeness (QED) is 0.308. The summed E-state index contributed by atoms with van der Waals surface area (Å²) in [6, 6.07) is 38.8. The van der Waals surface area contributed by atoms with Crippen LogP contribution in [0.25, 0.3) is 38.8 Å². The Morgan fingerprint density at radius 2 is 1.14 bits per heavy atom. The first kappa shape index (κ1) is 17.4. The van der Waals surface area contributed by atoms with Gasteiger partial charge in [0.2, 0.25) is 11.4 Å². The summed E-state index contributed by atoms with van der Waals surface area (Å²) in [4.78, 5) is 0. The van der Waals surface area contributed by atoms with Crippen molar-refractivity contribution in [3.8, 4) is 28.1 Å². The Balaban J connectivity index is 1.95. The molecule has 0 N–H and O–H groups in total. The normalized spacial score (nSPS) is 10.9. The molecule has 0 aliphatic heterocycles. The fourth-order valence-electron chi connectivity index (χ4n) is 3.97. The SMILES string of the molecule is Cc1ccc(-[n+]2cc3ccccc3c(-c3ccccc3)c2-c2ccccc2)cc1. The third-order valence-corrected chi connectivity index (χ3v) is 5.40. The minimum atomic E-state index is 1.16. The van der Waals surface area contributed by atoms with E-state index in [0.29, 0.717) is 0 Å². The summed E-state index contributed by atoms with van der Waals surface area (Å²) < 4.78 is 2.33. The molecule has 0 radical (unpaired) electrons. The van der Waals surface area contributed by atoms with E-state index in [-0.39, 0.29) is 0 Å². The van der Waals surface area contributed by atoms with Gasteiger partial charge in [-0.1, -0.05) is 84.4 Å². The van der Waals surface area contributed by atoms with Crippen LogP contribution in [0.5, 0.6) is 0 Å². The van der Waals surface area contributed by atoms with Crippen LogP contribution in [0.15, 0.2) is 115 Å². The Hall–Kier alpha value is -3.71. The molecule has 0 amide bonds. The molecule has 0 saturated carbocycles. The lowest BCUT2D eigenvalue weighted by Crippen LogP contribution is -2.34. The number of aryl methyl sites for hydroxylation is 1. The van der Waals surface area contributed by atoms with Crippen molar-refractivity contribution in [2.24, 2.45) is 0 Å². The molecule has 0 spiro atoms. The zero-order chi connectivity index (χ0) is 19.6. The van der Waals surface area contributed by atoms with Crippen molar-refractivity contribution >= 4 is 10.8 Å². The van der Waals surface area contributed by atoms with Gasteiger partial charge in [-0.3, -0.25) is 0 Å². The van der Waals surface area contributed by atoms with E-state index in [2.05, 4.69) is 127 Å². The molecule has 0 saturated heterocycles. The van der Waals surface area contributed by atoms with Gasteiger partial charge in [0.25, 0.3) is 0 Å². The third-order valence-electron chi connectivity index (χ3n) is 5.40. The molecule has 0 aliphatic carbocycles. The highest BCUT2D eigenvalue weighted by Crippen LogP contribution is 2.36. The number of hydrogen-bond acceptors (Lipinski definition) is 0. The topological polar surface area (TPSA) is 3.88 Å². The predicted octanol–water partition coefficient (Wildman–Crippen LogP) is 6.76. The first-order valence-electron chi connectivity index (χ1n) is 9.96. The van der Waals surface area contributed by atoms with Crippen molar-refractivity contribution in [3.63, 3.8) is 0 Å². The van der Waals surface area contributed by atoms with Crippen molar-refractivity contribution < 1.29 is 4.57 Å². The van der Waals surface area contributed by atoms with E-state index in [9.17, 15) is 0 Å². The third kappa shape index (κ3) is 3.21. The van der Waals surface area contributed by atoms with Crippen LogP contribution in [-0.4, -0.2) is 0 Å². The minimum Gasteiger partial charge on any atom is -0.159 e. The number of nitrogens with zero attached hydrogens (tertiary/aromatic N) is 1. The number of aromatic nitrogens is 1. The second-order valence-corrected chi connectivity index (χ2v) is 7.38. The zero-order valence-corrected chi connectivity index (χ0v) is 16.4. The van der Waals surface area contributed by atoms with Crippen molar-refractivity contribution in [1.29, 1.82) is 0 Å². The second-order valence-electron chi connectivity index (χ2n) is 7.38. The molecule has 1 heterocycles. The highest BCUT2D eigenvalue weighted by atomic mass is 15.0. The van der Waals surface area contributed by atoms with E-state index in [1.54, 1.807) is 0 Å². The van der Waals surface area contributed by atoms with E-state index in [0.717, 1.165) is 5.69 Å². The van der Waals surface area contributed by atoms with Crippen LogP contribution in [0.1, 0.15) is 5.56 Å². The molecule has 29 heavy (non-hydrogen) atoms. The first-order chi connectivity index (χ1) is 14.3. The van der Waals surface area contributed by atoms with E-state index >= 15 is 0 Å². The Bertz CT molecular complexity index is 1270. The standard InChI is InChI=1S/C28H22N/c1-21-16-18-25(19-17-21)29-20-24-14-8-9-15-26(24)27(22-10-4-2-5-11-22)28(29)23-12-6-3-7-13-23/h2-20H,1H3/q+1.